The fourth-order valence-corrected chi connectivity index (χ4v) is 4.93. The van der Waals surface area contributed by atoms with Crippen LogP contribution in [0.2, 0.25) is 25.7 Å². The zero-order chi connectivity index (χ0) is 26.3. The van der Waals surface area contributed by atoms with Gasteiger partial charge < -0.3 is 18.8 Å². The van der Waals surface area contributed by atoms with Crippen molar-refractivity contribution in [2.75, 3.05) is 19.8 Å². The molecule has 1 saturated heterocycles. The summed E-state index contributed by atoms with van der Waals surface area (Å²) in [5, 5.41) is 5.52. The molecule has 0 radical (unpaired) electrons. The summed E-state index contributed by atoms with van der Waals surface area (Å²) in [6.45, 7) is 12.4. The SMILES string of the molecule is CC(C)OC(=O)c1cn(COCC[Si](C)(C)C)c2ncc(-c3nn(C4COC4)c4cc(F)ccc34)nc12. The lowest BCUT2D eigenvalue weighted by atomic mass is 10.1. The second-order valence-electron chi connectivity index (χ2n) is 10.9. The third kappa shape index (κ3) is 5.29. The Labute approximate surface area is 215 Å². The predicted octanol–water partition coefficient (Wildman–Crippen LogP) is 5.04. The maximum atomic E-state index is 14.1. The van der Waals surface area contributed by atoms with Gasteiger partial charge in [0.05, 0.1) is 37.1 Å². The van der Waals surface area contributed by atoms with Gasteiger partial charge in [0.2, 0.25) is 0 Å². The van der Waals surface area contributed by atoms with E-state index in [1.807, 2.05) is 0 Å². The van der Waals surface area contributed by atoms with Gasteiger partial charge in [0, 0.05) is 26.3 Å². The number of esters is 1. The molecule has 1 fully saturated rings. The van der Waals surface area contributed by atoms with Gasteiger partial charge >= 0.3 is 5.97 Å². The van der Waals surface area contributed by atoms with Crippen molar-refractivity contribution in [2.24, 2.45) is 0 Å². The molecule has 1 aliphatic rings. The Morgan fingerprint density at radius 1 is 1.27 bits per heavy atom. The molecule has 0 amide bonds. The number of hydrogen-bond acceptors (Lipinski definition) is 7. The first-order valence-electron chi connectivity index (χ1n) is 12.5. The average molecular weight is 526 g/mol. The molecule has 0 aliphatic carbocycles. The molecule has 3 aromatic heterocycles. The maximum Gasteiger partial charge on any atom is 0.342 e. The fourth-order valence-electron chi connectivity index (χ4n) is 4.17. The number of carbonyl (C=O) groups is 1. The highest BCUT2D eigenvalue weighted by Crippen LogP contribution is 2.32. The second kappa shape index (κ2) is 9.96. The highest BCUT2D eigenvalue weighted by atomic mass is 28.3. The van der Waals surface area contributed by atoms with Gasteiger partial charge in [-0.25, -0.2) is 19.2 Å². The number of ether oxygens (including phenoxy) is 3. The van der Waals surface area contributed by atoms with Crippen molar-refractivity contribution in [2.45, 2.75) is 58.4 Å². The largest absolute Gasteiger partial charge is 0.459 e. The van der Waals surface area contributed by atoms with Gasteiger partial charge in [-0.1, -0.05) is 19.6 Å². The molecule has 0 spiro atoms. The number of hydrogen-bond donors (Lipinski definition) is 0. The quantitative estimate of drug-likeness (QED) is 0.172. The first kappa shape index (κ1) is 25.5. The molecule has 1 aliphatic heterocycles. The van der Waals surface area contributed by atoms with Crippen molar-refractivity contribution in [1.29, 1.82) is 0 Å². The predicted molar refractivity (Wildman–Crippen MR) is 141 cm³/mol. The minimum absolute atomic E-state index is 0.0284. The molecule has 0 bridgehead atoms. The van der Waals surface area contributed by atoms with Crippen LogP contribution in [-0.2, 0) is 20.9 Å². The number of carbonyl (C=O) groups excluding carboxylic acids is 1. The average Bonchev–Trinajstić information content (AvgIpc) is 3.33. The van der Waals surface area contributed by atoms with Crippen molar-refractivity contribution >= 4 is 36.1 Å². The van der Waals surface area contributed by atoms with E-state index in [1.165, 1.54) is 12.1 Å². The van der Waals surface area contributed by atoms with Crippen molar-refractivity contribution in [3.05, 3.63) is 42.0 Å². The monoisotopic (exact) mass is 525 g/mol. The first-order valence-corrected chi connectivity index (χ1v) is 16.2. The van der Waals surface area contributed by atoms with Crippen LogP contribution in [-0.4, -0.2) is 64.3 Å². The van der Waals surface area contributed by atoms with Gasteiger partial charge in [-0.2, -0.15) is 5.10 Å². The van der Waals surface area contributed by atoms with Gasteiger partial charge in [-0.15, -0.1) is 0 Å². The number of fused-ring (bicyclic) bond motifs is 2. The lowest BCUT2D eigenvalue weighted by Crippen LogP contribution is -2.31. The Balaban J connectivity index is 1.56. The van der Waals surface area contributed by atoms with E-state index in [4.69, 9.17) is 24.3 Å². The molecule has 4 heterocycles. The summed E-state index contributed by atoms with van der Waals surface area (Å²) in [7, 11) is -1.23. The summed E-state index contributed by atoms with van der Waals surface area (Å²) in [5.41, 5.74) is 2.97. The van der Waals surface area contributed by atoms with E-state index >= 15 is 0 Å². The normalized spacial score (nSPS) is 14.6. The van der Waals surface area contributed by atoms with E-state index in [1.54, 1.807) is 41.6 Å². The van der Waals surface area contributed by atoms with Crippen molar-refractivity contribution in [1.82, 2.24) is 24.3 Å². The van der Waals surface area contributed by atoms with Crippen LogP contribution >= 0.6 is 0 Å². The fraction of sp³-hybridized carbons (Fsp3) is 0.462. The molecule has 4 aromatic rings. The van der Waals surface area contributed by atoms with Crippen LogP contribution in [0.3, 0.4) is 0 Å². The summed E-state index contributed by atoms with van der Waals surface area (Å²) in [5.74, 6) is -0.816. The molecule has 11 heteroatoms. The number of halogens is 1. The van der Waals surface area contributed by atoms with Crippen LogP contribution in [0.25, 0.3) is 33.5 Å². The number of rotatable bonds is 9. The van der Waals surface area contributed by atoms with Crippen LogP contribution in [0.5, 0.6) is 0 Å². The molecule has 37 heavy (non-hydrogen) atoms. The van der Waals surface area contributed by atoms with Crippen LogP contribution in [0.4, 0.5) is 4.39 Å². The molecule has 0 atom stereocenters. The molecule has 0 N–H and O–H groups in total. The van der Waals surface area contributed by atoms with Gasteiger partial charge in [0.1, 0.15) is 35.0 Å². The summed E-state index contributed by atoms with van der Waals surface area (Å²) >= 11 is 0. The third-order valence-corrected chi connectivity index (χ3v) is 7.94. The summed E-state index contributed by atoms with van der Waals surface area (Å²) < 4.78 is 34.4. The molecule has 0 saturated carbocycles. The lowest BCUT2D eigenvalue weighted by Gasteiger charge is -2.26. The maximum absolute atomic E-state index is 14.1. The highest BCUT2D eigenvalue weighted by molar-refractivity contribution is 6.76. The zero-order valence-corrected chi connectivity index (χ0v) is 22.8. The van der Waals surface area contributed by atoms with Crippen molar-refractivity contribution in [3.63, 3.8) is 0 Å². The van der Waals surface area contributed by atoms with Gasteiger partial charge in [-0.3, -0.25) is 4.68 Å². The van der Waals surface area contributed by atoms with Crippen molar-refractivity contribution < 1.29 is 23.4 Å². The first-order chi connectivity index (χ1) is 17.6. The van der Waals surface area contributed by atoms with Gasteiger partial charge in [-0.05, 0) is 38.1 Å². The Morgan fingerprint density at radius 3 is 2.73 bits per heavy atom. The standard InChI is InChI=1S/C26H32FN5O4Si/c1-16(2)36-26(33)20-12-31(15-34-8-9-37(3,4)5)25-24(20)29-21(11-28-25)23-19-7-6-17(27)10-22(19)32(30-23)18-13-35-14-18/h6-7,10-12,16,18H,8-9,13-15H2,1-5H3. The van der Waals surface area contributed by atoms with E-state index in [0.717, 1.165) is 11.4 Å². The molecular formula is C26H32FN5O4Si. The Bertz CT molecular complexity index is 1450. The van der Waals surface area contributed by atoms with Crippen molar-refractivity contribution in [3.8, 4) is 11.4 Å². The van der Waals surface area contributed by atoms with E-state index in [9.17, 15) is 9.18 Å². The topological polar surface area (TPSA) is 93.3 Å². The van der Waals surface area contributed by atoms with Gasteiger partial charge in [0.15, 0.2) is 5.65 Å². The molecule has 196 valence electrons. The highest BCUT2D eigenvalue weighted by Gasteiger charge is 2.27. The van der Waals surface area contributed by atoms with Crippen LogP contribution in [0, 0.1) is 5.82 Å². The molecule has 1 aromatic carbocycles. The van der Waals surface area contributed by atoms with E-state index in [2.05, 4.69) is 24.6 Å². The molecular weight excluding hydrogens is 493 g/mol. The zero-order valence-electron chi connectivity index (χ0n) is 21.8. The minimum atomic E-state index is -1.23. The van der Waals surface area contributed by atoms with E-state index in [-0.39, 0.29) is 24.7 Å². The molecule has 0 unspecified atom stereocenters. The smallest absolute Gasteiger partial charge is 0.342 e. The van der Waals surface area contributed by atoms with E-state index in [0.29, 0.717) is 53.5 Å². The lowest BCUT2D eigenvalue weighted by molar-refractivity contribution is -0.0265. The molecule has 5 rings (SSSR count). The minimum Gasteiger partial charge on any atom is -0.459 e. The summed E-state index contributed by atoms with van der Waals surface area (Å²) in [6.07, 6.45) is 3.03. The Morgan fingerprint density at radius 2 is 2.05 bits per heavy atom. The summed E-state index contributed by atoms with van der Waals surface area (Å²) in [6, 6.07) is 5.63. The Hall–Kier alpha value is -3.15. The number of benzene rings is 1. The summed E-state index contributed by atoms with van der Waals surface area (Å²) in [4.78, 5) is 22.4. The molecule has 9 nitrogen and oxygen atoms in total. The number of aromatic nitrogens is 5. The van der Waals surface area contributed by atoms with E-state index < -0.39 is 14.0 Å². The second-order valence-corrected chi connectivity index (χ2v) is 16.5. The van der Waals surface area contributed by atoms with Crippen LogP contribution in [0.1, 0.15) is 30.2 Å². The van der Waals surface area contributed by atoms with Crippen LogP contribution < -0.4 is 0 Å². The number of nitrogens with zero attached hydrogens (tertiary/aromatic N) is 5. The van der Waals surface area contributed by atoms with Gasteiger partial charge in [0.25, 0.3) is 0 Å². The Kier molecular flexibility index (Phi) is 6.86. The third-order valence-electron chi connectivity index (χ3n) is 6.23. The van der Waals surface area contributed by atoms with Crippen LogP contribution in [0.15, 0.2) is 30.6 Å².